The van der Waals surface area contributed by atoms with Crippen molar-refractivity contribution >= 4 is 5.91 Å². The number of ether oxygens (including phenoxy) is 1. The van der Waals surface area contributed by atoms with Gasteiger partial charge in [0.15, 0.2) is 0 Å². The zero-order valence-corrected chi connectivity index (χ0v) is 12.1. The topological polar surface area (TPSA) is 50.4 Å². The Bertz CT molecular complexity index is 595. The second kappa shape index (κ2) is 5.55. The number of amides is 1. The number of carbonyl (C=O) groups is 1. The summed E-state index contributed by atoms with van der Waals surface area (Å²) in [5.74, 6) is -0.439. The number of hydrogen-bond acceptors (Lipinski definition) is 3. The molecule has 0 bridgehead atoms. The molecule has 1 heterocycles. The number of carbonyl (C=O) groups excluding carboxylic acids is 1. The zero-order chi connectivity index (χ0) is 15.9. The molecule has 0 spiro atoms. The molecule has 3 rings (SSSR count). The van der Waals surface area contributed by atoms with Gasteiger partial charge >= 0.3 is 6.18 Å². The van der Waals surface area contributed by atoms with Crippen molar-refractivity contribution in [3.63, 3.8) is 0 Å². The quantitative estimate of drug-likeness (QED) is 0.896. The standard InChI is InChI=1S/C15H17F3N2O2/c1-22-10-4-9(5-10)19-6-8-2-11-12(7-20-14(11)21)13(3-8)15(16,17)18/h2-3,9-10,19H,4-7H2,1H3,(H,20,21). The monoisotopic (exact) mass is 314 g/mol. The third-order valence-electron chi connectivity index (χ3n) is 4.31. The van der Waals surface area contributed by atoms with Crippen LogP contribution >= 0.6 is 0 Å². The summed E-state index contributed by atoms with van der Waals surface area (Å²) in [6.07, 6.45) is -2.51. The second-order valence-electron chi connectivity index (χ2n) is 5.76. The second-order valence-corrected chi connectivity index (χ2v) is 5.76. The van der Waals surface area contributed by atoms with Crippen LogP contribution in [-0.2, 0) is 24.0 Å². The van der Waals surface area contributed by atoms with Gasteiger partial charge in [0.2, 0.25) is 0 Å². The van der Waals surface area contributed by atoms with E-state index in [1.807, 2.05) is 0 Å². The molecule has 1 aliphatic heterocycles. The number of methoxy groups -OCH3 is 1. The van der Waals surface area contributed by atoms with Gasteiger partial charge in [0, 0.05) is 31.8 Å². The zero-order valence-electron chi connectivity index (χ0n) is 12.1. The Morgan fingerprint density at radius 3 is 2.73 bits per heavy atom. The van der Waals surface area contributed by atoms with Crippen molar-refractivity contribution in [3.05, 3.63) is 34.4 Å². The van der Waals surface area contributed by atoms with Crippen LogP contribution < -0.4 is 10.6 Å². The van der Waals surface area contributed by atoms with Gasteiger partial charge in [-0.05, 0) is 36.1 Å². The van der Waals surface area contributed by atoms with Crippen LogP contribution in [0.25, 0.3) is 0 Å². The molecule has 4 nitrogen and oxygen atoms in total. The molecule has 0 unspecified atom stereocenters. The first-order chi connectivity index (χ1) is 10.4. The van der Waals surface area contributed by atoms with Gasteiger partial charge in [-0.2, -0.15) is 13.2 Å². The molecule has 1 aliphatic carbocycles. The molecule has 1 amide bonds. The fourth-order valence-electron chi connectivity index (χ4n) is 2.93. The molecular formula is C15H17F3N2O2. The summed E-state index contributed by atoms with van der Waals surface area (Å²) >= 11 is 0. The van der Waals surface area contributed by atoms with Crippen molar-refractivity contribution < 1.29 is 22.7 Å². The van der Waals surface area contributed by atoms with Crippen molar-refractivity contribution in [1.29, 1.82) is 0 Å². The Hall–Kier alpha value is -1.60. The van der Waals surface area contributed by atoms with E-state index in [1.54, 1.807) is 13.2 Å². The molecule has 7 heteroatoms. The number of benzene rings is 1. The Balaban J connectivity index is 1.77. The summed E-state index contributed by atoms with van der Waals surface area (Å²) in [6, 6.07) is 2.94. The third-order valence-corrected chi connectivity index (χ3v) is 4.31. The largest absolute Gasteiger partial charge is 0.416 e. The maximum Gasteiger partial charge on any atom is 0.416 e. The predicted molar refractivity (Wildman–Crippen MR) is 73.3 cm³/mol. The van der Waals surface area contributed by atoms with Gasteiger partial charge < -0.3 is 15.4 Å². The van der Waals surface area contributed by atoms with Crippen LogP contribution in [0.5, 0.6) is 0 Å². The molecule has 1 aromatic carbocycles. The molecule has 2 aliphatic rings. The van der Waals surface area contributed by atoms with Crippen LogP contribution in [0.1, 0.15) is 39.9 Å². The molecule has 1 fully saturated rings. The predicted octanol–water partition coefficient (Wildman–Crippen LogP) is 2.22. The first-order valence-corrected chi connectivity index (χ1v) is 7.16. The smallest absolute Gasteiger partial charge is 0.381 e. The molecule has 0 aromatic heterocycles. The first kappa shape index (κ1) is 15.3. The molecule has 22 heavy (non-hydrogen) atoms. The molecule has 1 saturated carbocycles. The summed E-state index contributed by atoms with van der Waals surface area (Å²) in [4.78, 5) is 11.7. The van der Waals surface area contributed by atoms with Crippen molar-refractivity contribution in [2.75, 3.05) is 7.11 Å². The van der Waals surface area contributed by atoms with Crippen molar-refractivity contribution in [1.82, 2.24) is 10.6 Å². The molecule has 0 radical (unpaired) electrons. The average Bonchev–Trinajstić information content (AvgIpc) is 2.77. The molecule has 1 aromatic rings. The van der Waals surface area contributed by atoms with Crippen LogP contribution in [-0.4, -0.2) is 25.2 Å². The van der Waals surface area contributed by atoms with Crippen LogP contribution in [0.15, 0.2) is 12.1 Å². The van der Waals surface area contributed by atoms with Crippen LogP contribution in [0.3, 0.4) is 0 Å². The van der Waals surface area contributed by atoms with Gasteiger partial charge in [0.05, 0.1) is 11.7 Å². The number of nitrogens with one attached hydrogen (secondary N) is 2. The van der Waals surface area contributed by atoms with Gasteiger partial charge in [-0.1, -0.05) is 0 Å². The van der Waals surface area contributed by atoms with Gasteiger partial charge in [-0.25, -0.2) is 0 Å². The van der Waals surface area contributed by atoms with E-state index in [0.29, 0.717) is 12.1 Å². The third kappa shape index (κ3) is 2.83. The van der Waals surface area contributed by atoms with Crippen LogP contribution in [0, 0.1) is 0 Å². The van der Waals surface area contributed by atoms with E-state index in [1.165, 1.54) is 0 Å². The number of halogens is 3. The fourth-order valence-corrected chi connectivity index (χ4v) is 2.93. The van der Waals surface area contributed by atoms with E-state index in [4.69, 9.17) is 4.74 Å². The highest BCUT2D eigenvalue weighted by Crippen LogP contribution is 2.36. The Kier molecular flexibility index (Phi) is 3.86. The lowest BCUT2D eigenvalue weighted by Crippen LogP contribution is -2.44. The molecule has 2 N–H and O–H groups in total. The van der Waals surface area contributed by atoms with Crippen molar-refractivity contribution in [2.24, 2.45) is 0 Å². The maximum atomic E-state index is 13.1. The van der Waals surface area contributed by atoms with E-state index < -0.39 is 17.6 Å². The highest BCUT2D eigenvalue weighted by molar-refractivity contribution is 5.99. The lowest BCUT2D eigenvalue weighted by molar-refractivity contribution is -0.138. The Morgan fingerprint density at radius 1 is 1.36 bits per heavy atom. The Labute approximate surface area is 126 Å². The molecule has 0 atom stereocenters. The fraction of sp³-hybridized carbons (Fsp3) is 0.533. The highest BCUT2D eigenvalue weighted by Gasteiger charge is 2.37. The summed E-state index contributed by atoms with van der Waals surface area (Å²) < 4.78 is 44.6. The van der Waals surface area contributed by atoms with Gasteiger partial charge in [0.25, 0.3) is 5.91 Å². The van der Waals surface area contributed by atoms with Crippen molar-refractivity contribution in [3.8, 4) is 0 Å². The summed E-state index contributed by atoms with van der Waals surface area (Å²) in [5.41, 5.74) is -0.0631. The minimum atomic E-state index is -4.45. The average molecular weight is 314 g/mol. The van der Waals surface area contributed by atoms with E-state index >= 15 is 0 Å². The maximum absolute atomic E-state index is 13.1. The van der Waals surface area contributed by atoms with Gasteiger partial charge in [-0.15, -0.1) is 0 Å². The minimum Gasteiger partial charge on any atom is -0.381 e. The highest BCUT2D eigenvalue weighted by atomic mass is 19.4. The lowest BCUT2D eigenvalue weighted by Gasteiger charge is -2.34. The number of hydrogen-bond donors (Lipinski definition) is 2. The Morgan fingerprint density at radius 2 is 2.09 bits per heavy atom. The number of rotatable bonds is 4. The molecule has 0 saturated heterocycles. The minimum absolute atomic E-state index is 0.0457. The van der Waals surface area contributed by atoms with E-state index in [2.05, 4.69) is 10.6 Å². The van der Waals surface area contributed by atoms with Crippen LogP contribution in [0.4, 0.5) is 13.2 Å². The normalized spacial score (nSPS) is 23.9. The number of fused-ring (bicyclic) bond motifs is 1. The van der Waals surface area contributed by atoms with E-state index in [9.17, 15) is 18.0 Å². The van der Waals surface area contributed by atoms with Crippen molar-refractivity contribution in [2.45, 2.75) is 44.3 Å². The van der Waals surface area contributed by atoms with Crippen LogP contribution in [0.2, 0.25) is 0 Å². The number of alkyl halides is 3. The summed E-state index contributed by atoms with van der Waals surface area (Å²) in [7, 11) is 1.65. The summed E-state index contributed by atoms with van der Waals surface area (Å²) in [5, 5.41) is 5.65. The molecule has 120 valence electrons. The van der Waals surface area contributed by atoms with Gasteiger partial charge in [-0.3, -0.25) is 4.79 Å². The lowest BCUT2D eigenvalue weighted by atomic mass is 9.89. The molecular weight excluding hydrogens is 297 g/mol. The van der Waals surface area contributed by atoms with E-state index in [0.717, 1.165) is 18.9 Å². The SMILES string of the molecule is COC1CC(NCc2cc3c(c(C(F)(F)F)c2)CNC3=O)C1. The van der Waals surface area contributed by atoms with E-state index in [-0.39, 0.29) is 29.8 Å². The summed E-state index contributed by atoms with van der Waals surface area (Å²) in [6.45, 7) is 0.250. The first-order valence-electron chi connectivity index (χ1n) is 7.16. The van der Waals surface area contributed by atoms with Gasteiger partial charge in [0.1, 0.15) is 0 Å².